The average molecular weight is 383 g/mol. The summed E-state index contributed by atoms with van der Waals surface area (Å²) in [5.74, 6) is -5.62. The smallest absolute Gasteiger partial charge is 0.348 e. The van der Waals surface area contributed by atoms with Gasteiger partial charge in [0.05, 0.1) is 23.5 Å². The van der Waals surface area contributed by atoms with Crippen molar-refractivity contribution in [1.29, 1.82) is 0 Å². The second kappa shape index (κ2) is 6.68. The van der Waals surface area contributed by atoms with Crippen LogP contribution in [0.3, 0.4) is 0 Å². The number of thiophene rings is 1. The first-order valence-corrected chi connectivity index (χ1v) is 8.42. The van der Waals surface area contributed by atoms with Gasteiger partial charge < -0.3 is 4.74 Å². The van der Waals surface area contributed by atoms with E-state index in [4.69, 9.17) is 4.74 Å². The Hall–Kier alpha value is -2.48. The quantitative estimate of drug-likeness (QED) is 0.344. The van der Waals surface area contributed by atoms with Crippen molar-refractivity contribution in [1.82, 2.24) is 4.98 Å². The van der Waals surface area contributed by atoms with Gasteiger partial charge in [0.25, 0.3) is 0 Å². The van der Waals surface area contributed by atoms with E-state index >= 15 is 0 Å². The molecule has 26 heavy (non-hydrogen) atoms. The largest absolute Gasteiger partial charge is 0.465 e. The van der Waals surface area contributed by atoms with E-state index in [9.17, 15) is 22.4 Å². The summed E-state index contributed by atoms with van der Waals surface area (Å²) in [6.07, 6.45) is 0.847. The second-order valence-corrected chi connectivity index (χ2v) is 6.92. The minimum atomic E-state index is -1.43. The van der Waals surface area contributed by atoms with Gasteiger partial charge in [-0.05, 0) is 12.0 Å². The molecular formula is C18H13F4NO2S. The summed E-state index contributed by atoms with van der Waals surface area (Å²) in [6, 6.07) is 1.09. The fraction of sp³-hybridized carbons (Fsp3) is 0.222. The number of nitrogens with zero attached hydrogens (tertiary/aromatic N) is 1. The maximum absolute atomic E-state index is 14.5. The molecule has 2 heterocycles. The van der Waals surface area contributed by atoms with Crippen molar-refractivity contribution in [2.24, 2.45) is 0 Å². The van der Waals surface area contributed by atoms with E-state index in [1.54, 1.807) is 13.8 Å². The Labute approximate surface area is 150 Å². The van der Waals surface area contributed by atoms with Crippen LogP contribution in [0, 0.1) is 23.3 Å². The zero-order valence-corrected chi connectivity index (χ0v) is 14.8. The molecule has 0 atom stereocenters. The summed E-state index contributed by atoms with van der Waals surface area (Å²) in [6.45, 7) is 3.61. The van der Waals surface area contributed by atoms with Crippen molar-refractivity contribution < 1.29 is 27.1 Å². The first-order chi connectivity index (χ1) is 12.3. The van der Waals surface area contributed by atoms with Crippen LogP contribution < -0.4 is 0 Å². The SMILES string of the molecule is COC(=O)c1sc2c(-c3cc(F)cc(F)c3F)c(F)cnc2c1C(C)C. The van der Waals surface area contributed by atoms with Crippen LogP contribution in [-0.2, 0) is 4.74 Å². The zero-order valence-electron chi connectivity index (χ0n) is 14.0. The van der Waals surface area contributed by atoms with E-state index in [0.717, 1.165) is 17.5 Å². The predicted octanol–water partition coefficient (Wildman–Crippen LogP) is 5.43. The second-order valence-electron chi connectivity index (χ2n) is 5.90. The number of esters is 1. The topological polar surface area (TPSA) is 39.2 Å². The third-order valence-corrected chi connectivity index (χ3v) is 5.09. The maximum Gasteiger partial charge on any atom is 0.348 e. The van der Waals surface area contributed by atoms with Gasteiger partial charge in [0, 0.05) is 22.8 Å². The van der Waals surface area contributed by atoms with Crippen LogP contribution in [0.5, 0.6) is 0 Å². The van der Waals surface area contributed by atoms with E-state index in [2.05, 4.69) is 4.98 Å². The monoisotopic (exact) mass is 383 g/mol. The molecule has 3 rings (SSSR count). The number of carbonyl (C=O) groups is 1. The van der Waals surface area contributed by atoms with Crippen LogP contribution in [0.4, 0.5) is 17.6 Å². The number of fused-ring (bicyclic) bond motifs is 1. The van der Waals surface area contributed by atoms with E-state index < -0.39 is 34.8 Å². The molecule has 0 amide bonds. The van der Waals surface area contributed by atoms with Gasteiger partial charge in [0.2, 0.25) is 0 Å². The highest BCUT2D eigenvalue weighted by molar-refractivity contribution is 7.21. The summed E-state index contributed by atoms with van der Waals surface area (Å²) < 4.78 is 60.8. The zero-order chi connectivity index (χ0) is 19.2. The van der Waals surface area contributed by atoms with E-state index in [0.29, 0.717) is 17.7 Å². The normalized spacial score (nSPS) is 11.4. The van der Waals surface area contributed by atoms with Gasteiger partial charge in [-0.2, -0.15) is 0 Å². The fourth-order valence-electron chi connectivity index (χ4n) is 2.80. The lowest BCUT2D eigenvalue weighted by molar-refractivity contribution is 0.0605. The lowest BCUT2D eigenvalue weighted by Crippen LogP contribution is -2.03. The number of hydrogen-bond acceptors (Lipinski definition) is 4. The summed E-state index contributed by atoms with van der Waals surface area (Å²) >= 11 is 0.852. The molecule has 0 spiro atoms. The van der Waals surface area contributed by atoms with E-state index in [1.807, 2.05) is 0 Å². The summed E-state index contributed by atoms with van der Waals surface area (Å²) in [5, 5.41) is 0. The van der Waals surface area contributed by atoms with Gasteiger partial charge >= 0.3 is 5.97 Å². The molecule has 0 bridgehead atoms. The Morgan fingerprint density at radius 2 is 1.85 bits per heavy atom. The minimum absolute atomic E-state index is 0.123. The first kappa shape index (κ1) is 18.3. The summed E-state index contributed by atoms with van der Waals surface area (Å²) in [7, 11) is 1.20. The molecule has 0 saturated heterocycles. The number of rotatable bonds is 3. The van der Waals surface area contributed by atoms with Gasteiger partial charge in [-0.1, -0.05) is 13.8 Å². The standard InChI is InChI=1S/C18H13F4NO2S/c1-7(2)12-15-16(26-17(12)18(24)25-3)13(11(21)6-23-15)9-4-8(19)5-10(20)14(9)22/h4-7H,1-3H3. The summed E-state index contributed by atoms with van der Waals surface area (Å²) in [5.41, 5.74) is -0.130. The molecule has 3 nitrogen and oxygen atoms in total. The highest BCUT2D eigenvalue weighted by atomic mass is 32.1. The van der Waals surface area contributed by atoms with Crippen molar-refractivity contribution in [3.63, 3.8) is 0 Å². The van der Waals surface area contributed by atoms with Crippen molar-refractivity contribution in [2.75, 3.05) is 7.11 Å². The van der Waals surface area contributed by atoms with Crippen LogP contribution in [0.2, 0.25) is 0 Å². The highest BCUT2D eigenvalue weighted by Crippen LogP contribution is 2.42. The molecule has 3 aromatic rings. The maximum atomic E-state index is 14.5. The number of carbonyl (C=O) groups excluding carboxylic acids is 1. The van der Waals surface area contributed by atoms with Gasteiger partial charge in [0.1, 0.15) is 10.7 Å². The molecular weight excluding hydrogens is 370 g/mol. The van der Waals surface area contributed by atoms with Crippen molar-refractivity contribution in [2.45, 2.75) is 19.8 Å². The van der Waals surface area contributed by atoms with Gasteiger partial charge in [-0.25, -0.2) is 22.4 Å². The third-order valence-electron chi connectivity index (χ3n) is 3.90. The van der Waals surface area contributed by atoms with Crippen molar-refractivity contribution in [3.05, 3.63) is 52.0 Å². The lowest BCUT2D eigenvalue weighted by Gasteiger charge is -2.09. The van der Waals surface area contributed by atoms with Crippen LogP contribution in [0.1, 0.15) is 35.0 Å². The molecule has 0 aliphatic rings. The molecule has 8 heteroatoms. The van der Waals surface area contributed by atoms with Crippen LogP contribution in [-0.4, -0.2) is 18.1 Å². The fourth-order valence-corrected chi connectivity index (χ4v) is 4.18. The molecule has 0 unspecified atom stereocenters. The molecule has 0 fully saturated rings. The predicted molar refractivity (Wildman–Crippen MR) is 90.3 cm³/mol. The van der Waals surface area contributed by atoms with Crippen LogP contribution in [0.25, 0.3) is 21.3 Å². The number of ether oxygens (including phenoxy) is 1. The molecule has 0 saturated carbocycles. The number of halogens is 4. The Kier molecular flexibility index (Phi) is 4.70. The molecule has 136 valence electrons. The number of hydrogen-bond donors (Lipinski definition) is 0. The molecule has 0 aliphatic carbocycles. The number of aromatic nitrogens is 1. The summed E-state index contributed by atoms with van der Waals surface area (Å²) in [4.78, 5) is 16.3. The first-order valence-electron chi connectivity index (χ1n) is 7.60. The van der Waals surface area contributed by atoms with Crippen molar-refractivity contribution in [3.8, 4) is 11.1 Å². The Bertz CT molecular complexity index is 1030. The Morgan fingerprint density at radius 1 is 1.15 bits per heavy atom. The molecule has 0 aliphatic heterocycles. The van der Waals surface area contributed by atoms with Crippen molar-refractivity contribution >= 4 is 27.5 Å². The third kappa shape index (κ3) is 2.84. The van der Waals surface area contributed by atoms with Crippen LogP contribution in [0.15, 0.2) is 18.3 Å². The Balaban J connectivity index is 2.45. The molecule has 2 aromatic heterocycles. The lowest BCUT2D eigenvalue weighted by atomic mass is 9.99. The van der Waals surface area contributed by atoms with Gasteiger partial charge in [-0.3, -0.25) is 4.98 Å². The van der Waals surface area contributed by atoms with Gasteiger partial charge in [0.15, 0.2) is 17.5 Å². The van der Waals surface area contributed by atoms with E-state index in [-0.39, 0.29) is 26.6 Å². The molecule has 0 N–H and O–H groups in total. The average Bonchev–Trinajstić information content (AvgIpc) is 2.97. The Morgan fingerprint density at radius 3 is 2.46 bits per heavy atom. The molecule has 1 aromatic carbocycles. The van der Waals surface area contributed by atoms with E-state index in [1.165, 1.54) is 7.11 Å². The highest BCUT2D eigenvalue weighted by Gasteiger charge is 2.27. The van der Waals surface area contributed by atoms with Crippen LogP contribution >= 0.6 is 11.3 Å². The molecule has 0 radical (unpaired) electrons. The number of methoxy groups -OCH3 is 1. The number of benzene rings is 1. The number of pyridine rings is 1. The van der Waals surface area contributed by atoms with Gasteiger partial charge in [-0.15, -0.1) is 11.3 Å². The minimum Gasteiger partial charge on any atom is -0.465 e.